The molecule has 2 N–H and O–H groups in total. The zero-order valence-corrected chi connectivity index (χ0v) is 24.7. The Kier molecular flexibility index (Phi) is 13.9. The molecule has 0 spiro atoms. The molecule has 11 nitrogen and oxygen atoms in total. The minimum absolute atomic E-state index is 0.00528. The molecule has 11 heteroatoms. The summed E-state index contributed by atoms with van der Waals surface area (Å²) < 4.78 is 27.0. The van der Waals surface area contributed by atoms with Crippen molar-refractivity contribution in [3.8, 4) is 17.2 Å². The molecule has 3 atom stereocenters. The van der Waals surface area contributed by atoms with Crippen molar-refractivity contribution in [2.45, 2.75) is 78.6 Å². The van der Waals surface area contributed by atoms with Gasteiger partial charge in [-0.25, -0.2) is 9.78 Å². The molecule has 2 aromatic rings. The molecular formula is C30H42N2O9. The first-order valence-electron chi connectivity index (χ1n) is 13.7. The Bertz CT molecular complexity index is 1100. The van der Waals surface area contributed by atoms with Crippen molar-refractivity contribution in [3.05, 3.63) is 47.8 Å². The third-order valence-corrected chi connectivity index (χ3v) is 5.99. The van der Waals surface area contributed by atoms with Crippen LogP contribution in [-0.2, 0) is 23.8 Å². The lowest BCUT2D eigenvalue weighted by Gasteiger charge is -2.21. The number of ether oxygens (including phenoxy) is 5. The van der Waals surface area contributed by atoms with Crippen LogP contribution in [0.3, 0.4) is 0 Å². The van der Waals surface area contributed by atoms with Gasteiger partial charge in [0.1, 0.15) is 17.9 Å². The highest BCUT2D eigenvalue weighted by Crippen LogP contribution is 2.30. The number of nitrogens with one attached hydrogen (secondary N) is 1. The van der Waals surface area contributed by atoms with Gasteiger partial charge in [0, 0.05) is 32.2 Å². The van der Waals surface area contributed by atoms with Crippen LogP contribution < -0.4 is 14.8 Å². The number of aromatic nitrogens is 1. The first-order chi connectivity index (χ1) is 19.5. The van der Waals surface area contributed by atoms with E-state index in [0.717, 1.165) is 6.42 Å². The zero-order chi connectivity index (χ0) is 30.4. The Morgan fingerprint density at radius 1 is 1.17 bits per heavy atom. The first-order valence-corrected chi connectivity index (χ1v) is 13.7. The summed E-state index contributed by atoms with van der Waals surface area (Å²) >= 11 is 0. The summed E-state index contributed by atoms with van der Waals surface area (Å²) in [7, 11) is 1.41. The maximum absolute atomic E-state index is 13.0. The van der Waals surface area contributed by atoms with E-state index in [1.54, 1.807) is 12.1 Å². The Morgan fingerprint density at radius 3 is 2.49 bits per heavy atom. The van der Waals surface area contributed by atoms with Gasteiger partial charge in [0.25, 0.3) is 5.91 Å². The van der Waals surface area contributed by atoms with Crippen LogP contribution in [0.2, 0.25) is 0 Å². The number of aryl methyl sites for hydroxylation is 1. The second-order valence-electron chi connectivity index (χ2n) is 10.2. The summed E-state index contributed by atoms with van der Waals surface area (Å²) in [5.74, 6) is -0.699. The van der Waals surface area contributed by atoms with Gasteiger partial charge in [-0.15, -0.1) is 0 Å². The summed E-state index contributed by atoms with van der Waals surface area (Å²) in [5.41, 5.74) is 1.07. The summed E-state index contributed by atoms with van der Waals surface area (Å²) in [6.07, 6.45) is 3.46. The van der Waals surface area contributed by atoms with E-state index >= 15 is 0 Å². The number of phenols is 1. The standard InChI is InChI=1S/C23H34N2O8.C7H8O/c1-14(2)12-30-17-7-6-8-18(23(28)33-15(3)11-17)25-22(27)20-21(32-13-31-16(4)26)19(29-5)9-10-24-20;1-6-2-4-7(8)5-3-6/h9-10,14-15,17-18H,6-8,11-13H2,1-5H3,(H,25,27);2-5,8H,1H3/t15?,17?,18-;/m0./s1. The second-order valence-corrected chi connectivity index (χ2v) is 10.2. The highest BCUT2D eigenvalue weighted by molar-refractivity contribution is 5.98. The van der Waals surface area contributed by atoms with Crippen LogP contribution in [-0.4, -0.2) is 66.7 Å². The van der Waals surface area contributed by atoms with Crippen molar-refractivity contribution in [1.82, 2.24) is 10.3 Å². The lowest BCUT2D eigenvalue weighted by molar-refractivity contribution is -0.152. The summed E-state index contributed by atoms with van der Waals surface area (Å²) in [5, 5.41) is 11.5. The van der Waals surface area contributed by atoms with E-state index in [1.807, 2.05) is 26.0 Å². The molecule has 0 bridgehead atoms. The number of rotatable bonds is 9. The molecule has 1 fully saturated rings. The van der Waals surface area contributed by atoms with E-state index < -0.39 is 30.7 Å². The number of hydrogen-bond acceptors (Lipinski definition) is 10. The number of aromatic hydroxyl groups is 1. The molecule has 41 heavy (non-hydrogen) atoms. The van der Waals surface area contributed by atoms with Gasteiger partial charge >= 0.3 is 11.9 Å². The third kappa shape index (κ3) is 12.0. The molecular weight excluding hydrogens is 532 g/mol. The van der Waals surface area contributed by atoms with Crippen molar-refractivity contribution in [2.24, 2.45) is 5.92 Å². The van der Waals surface area contributed by atoms with Crippen molar-refractivity contribution < 1.29 is 43.2 Å². The number of benzene rings is 1. The fraction of sp³-hybridized carbons (Fsp3) is 0.533. The number of methoxy groups -OCH3 is 1. The molecule has 2 unspecified atom stereocenters. The van der Waals surface area contributed by atoms with E-state index in [2.05, 4.69) is 24.1 Å². The lowest BCUT2D eigenvalue weighted by Crippen LogP contribution is -2.43. The van der Waals surface area contributed by atoms with Gasteiger partial charge in [0.2, 0.25) is 6.79 Å². The van der Waals surface area contributed by atoms with Gasteiger partial charge in [-0.1, -0.05) is 31.5 Å². The number of amides is 1. The average Bonchev–Trinajstić information content (AvgIpc) is 2.98. The molecule has 1 aliphatic heterocycles. The number of hydrogen-bond donors (Lipinski definition) is 2. The van der Waals surface area contributed by atoms with Crippen molar-refractivity contribution >= 4 is 17.8 Å². The normalized spacial score (nSPS) is 18.9. The number of carbonyl (C=O) groups is 3. The number of esters is 2. The molecule has 1 aromatic carbocycles. The van der Waals surface area contributed by atoms with Crippen LogP contribution in [0.1, 0.15) is 69.4 Å². The predicted molar refractivity (Wildman–Crippen MR) is 151 cm³/mol. The maximum Gasteiger partial charge on any atom is 0.328 e. The summed E-state index contributed by atoms with van der Waals surface area (Å²) in [6.45, 7) is 9.43. The Hall–Kier alpha value is -3.86. The summed E-state index contributed by atoms with van der Waals surface area (Å²) in [6, 6.07) is 7.75. The molecule has 0 saturated carbocycles. The topological polar surface area (TPSA) is 143 Å². The number of phenolic OH excluding ortho intramolecular Hbond substituents is 1. The van der Waals surface area contributed by atoms with Crippen molar-refractivity contribution in [2.75, 3.05) is 20.5 Å². The monoisotopic (exact) mass is 574 g/mol. The molecule has 3 rings (SSSR count). The fourth-order valence-corrected chi connectivity index (χ4v) is 3.93. The van der Waals surface area contributed by atoms with E-state index in [-0.39, 0.29) is 29.4 Å². The maximum atomic E-state index is 13.0. The van der Waals surface area contributed by atoms with E-state index in [1.165, 1.54) is 31.9 Å². The molecule has 2 heterocycles. The van der Waals surface area contributed by atoms with Crippen LogP contribution >= 0.6 is 0 Å². The molecule has 1 aliphatic rings. The number of cyclic esters (lactones) is 1. The average molecular weight is 575 g/mol. The van der Waals surface area contributed by atoms with Crippen LogP contribution in [0.15, 0.2) is 36.5 Å². The summed E-state index contributed by atoms with van der Waals surface area (Å²) in [4.78, 5) is 40.8. The van der Waals surface area contributed by atoms with Gasteiger partial charge in [0.05, 0.1) is 13.2 Å². The minimum Gasteiger partial charge on any atom is -0.508 e. The van der Waals surface area contributed by atoms with Gasteiger partial charge in [0.15, 0.2) is 17.2 Å². The van der Waals surface area contributed by atoms with Crippen molar-refractivity contribution in [1.29, 1.82) is 0 Å². The fourth-order valence-electron chi connectivity index (χ4n) is 3.93. The highest BCUT2D eigenvalue weighted by Gasteiger charge is 2.30. The first kappa shape index (κ1) is 33.3. The third-order valence-electron chi connectivity index (χ3n) is 5.99. The quantitative estimate of drug-likeness (QED) is 0.328. The smallest absolute Gasteiger partial charge is 0.328 e. The Labute approximate surface area is 241 Å². The highest BCUT2D eigenvalue weighted by atomic mass is 16.7. The van der Waals surface area contributed by atoms with E-state index in [4.69, 9.17) is 28.8 Å². The molecule has 0 radical (unpaired) electrons. The van der Waals surface area contributed by atoms with Gasteiger partial charge in [-0.3, -0.25) is 9.59 Å². The van der Waals surface area contributed by atoms with Crippen LogP contribution in [0.4, 0.5) is 0 Å². The number of nitrogens with zero attached hydrogens (tertiary/aromatic N) is 1. The SMILES string of the molecule is COc1ccnc(C(=O)N[C@H]2CCCC(OCC(C)C)CC(C)OC2=O)c1OCOC(C)=O.Cc1ccc(O)cc1. The van der Waals surface area contributed by atoms with Crippen molar-refractivity contribution in [3.63, 3.8) is 0 Å². The van der Waals surface area contributed by atoms with Gasteiger partial charge < -0.3 is 34.1 Å². The molecule has 1 aromatic heterocycles. The Balaban J connectivity index is 0.000000629. The molecule has 0 aliphatic carbocycles. The second kappa shape index (κ2) is 17.1. The molecule has 226 valence electrons. The number of pyridine rings is 1. The zero-order valence-electron chi connectivity index (χ0n) is 24.7. The Morgan fingerprint density at radius 2 is 1.88 bits per heavy atom. The van der Waals surface area contributed by atoms with E-state index in [9.17, 15) is 14.4 Å². The van der Waals surface area contributed by atoms with E-state index in [0.29, 0.717) is 37.5 Å². The minimum atomic E-state index is -0.849. The molecule has 1 amide bonds. The van der Waals surface area contributed by atoms with Gasteiger partial charge in [-0.2, -0.15) is 0 Å². The lowest BCUT2D eigenvalue weighted by atomic mass is 10.0. The van der Waals surface area contributed by atoms with Crippen LogP contribution in [0.5, 0.6) is 17.2 Å². The molecule has 1 saturated heterocycles. The van der Waals surface area contributed by atoms with Crippen LogP contribution in [0.25, 0.3) is 0 Å². The van der Waals surface area contributed by atoms with Crippen LogP contribution in [0, 0.1) is 12.8 Å². The number of carbonyl (C=O) groups excluding carboxylic acids is 3. The largest absolute Gasteiger partial charge is 0.508 e. The van der Waals surface area contributed by atoms with Gasteiger partial charge in [-0.05, 0) is 51.2 Å². The predicted octanol–water partition coefficient (Wildman–Crippen LogP) is 4.34.